The fourth-order valence-electron chi connectivity index (χ4n) is 1.60. The van der Waals surface area contributed by atoms with E-state index in [9.17, 15) is 4.79 Å². The number of aromatic nitrogens is 4. The Morgan fingerprint density at radius 2 is 2.26 bits per heavy atom. The average Bonchev–Trinajstić information content (AvgIpc) is 3.22. The Hall–Kier alpha value is -1.93. The molecule has 0 aliphatic heterocycles. The molecule has 0 aromatic carbocycles. The number of rotatable bonds is 4. The van der Waals surface area contributed by atoms with Gasteiger partial charge in [0.2, 0.25) is 0 Å². The number of anilines is 1. The van der Waals surface area contributed by atoms with Gasteiger partial charge in [-0.2, -0.15) is 0 Å². The van der Waals surface area contributed by atoms with Crippen LogP contribution in [0, 0.1) is 0 Å². The topological polar surface area (TPSA) is 110 Å². The molecule has 4 N–H and O–H groups in total. The molecule has 98 valence electrons. The van der Waals surface area contributed by atoms with E-state index in [2.05, 4.69) is 25.4 Å². The molecule has 19 heavy (non-hydrogen) atoms. The summed E-state index contributed by atoms with van der Waals surface area (Å²) < 4.78 is 0. The zero-order valence-electron chi connectivity index (χ0n) is 9.96. The van der Waals surface area contributed by atoms with Gasteiger partial charge in [-0.25, -0.2) is 20.8 Å². The molecule has 0 radical (unpaired) electrons. The maximum atomic E-state index is 11.2. The number of hydrazine groups is 1. The van der Waals surface area contributed by atoms with E-state index < -0.39 is 0 Å². The number of nitrogen functional groups attached to an aromatic ring is 1. The Balaban J connectivity index is 1.91. The van der Waals surface area contributed by atoms with Crippen molar-refractivity contribution >= 4 is 17.6 Å². The zero-order chi connectivity index (χ0) is 13.2. The number of hydrogen-bond acceptors (Lipinski definition) is 7. The van der Waals surface area contributed by atoms with Gasteiger partial charge in [-0.15, -0.1) is 0 Å². The first-order valence-electron chi connectivity index (χ1n) is 5.83. The van der Waals surface area contributed by atoms with Crippen LogP contribution < -0.4 is 16.8 Å². The van der Waals surface area contributed by atoms with Crippen LogP contribution in [0.15, 0.2) is 33.3 Å². The maximum Gasteiger partial charge on any atom is 0.251 e. The lowest BCUT2D eigenvalue weighted by molar-refractivity contribution is 0.870. The number of nitrogens with zero attached hydrogens (tertiary/aromatic N) is 3. The molecular weight excluding hydrogens is 264 g/mol. The van der Waals surface area contributed by atoms with Gasteiger partial charge in [0, 0.05) is 24.2 Å². The minimum Gasteiger partial charge on any atom is -0.308 e. The van der Waals surface area contributed by atoms with Gasteiger partial charge in [0.25, 0.3) is 5.56 Å². The van der Waals surface area contributed by atoms with Crippen LogP contribution in [0.1, 0.15) is 24.6 Å². The van der Waals surface area contributed by atoms with Crippen LogP contribution in [0.5, 0.6) is 0 Å². The summed E-state index contributed by atoms with van der Waals surface area (Å²) in [5.74, 6) is 7.18. The summed E-state index contributed by atoms with van der Waals surface area (Å²) in [4.78, 5) is 26.7. The molecule has 1 saturated carbocycles. The van der Waals surface area contributed by atoms with E-state index in [1.54, 1.807) is 6.07 Å². The molecule has 2 heterocycles. The summed E-state index contributed by atoms with van der Waals surface area (Å²) in [5.41, 5.74) is 2.34. The summed E-state index contributed by atoms with van der Waals surface area (Å²) >= 11 is 1.28. The van der Waals surface area contributed by atoms with E-state index in [0.717, 1.165) is 18.7 Å². The van der Waals surface area contributed by atoms with E-state index in [0.29, 0.717) is 21.9 Å². The molecule has 0 spiro atoms. The van der Waals surface area contributed by atoms with Crippen molar-refractivity contribution in [2.45, 2.75) is 28.9 Å². The van der Waals surface area contributed by atoms with Crippen molar-refractivity contribution in [3.05, 3.63) is 34.5 Å². The van der Waals surface area contributed by atoms with Crippen molar-refractivity contribution < 1.29 is 0 Å². The average molecular weight is 276 g/mol. The number of aromatic amines is 1. The summed E-state index contributed by atoms with van der Waals surface area (Å²) in [6, 6.07) is 3.09. The molecule has 0 bridgehead atoms. The van der Waals surface area contributed by atoms with Gasteiger partial charge >= 0.3 is 0 Å². The molecule has 8 heteroatoms. The highest BCUT2D eigenvalue weighted by Gasteiger charge is 2.27. The molecule has 1 aliphatic carbocycles. The highest BCUT2D eigenvalue weighted by Crippen LogP contribution is 2.39. The monoisotopic (exact) mass is 276 g/mol. The molecule has 1 aliphatic rings. The molecule has 2 aromatic heterocycles. The second-order valence-electron chi connectivity index (χ2n) is 4.21. The van der Waals surface area contributed by atoms with Crippen LogP contribution in [0.2, 0.25) is 0 Å². The van der Waals surface area contributed by atoms with Crippen molar-refractivity contribution in [3.8, 4) is 0 Å². The molecule has 0 saturated heterocycles. The lowest BCUT2D eigenvalue weighted by Crippen LogP contribution is -2.11. The number of hydrogen-bond donors (Lipinski definition) is 3. The van der Waals surface area contributed by atoms with Gasteiger partial charge in [-0.3, -0.25) is 4.79 Å². The molecule has 3 rings (SSSR count). The van der Waals surface area contributed by atoms with Gasteiger partial charge in [0.05, 0.1) is 0 Å². The van der Waals surface area contributed by atoms with E-state index in [1.165, 1.54) is 24.0 Å². The van der Waals surface area contributed by atoms with E-state index >= 15 is 0 Å². The molecule has 7 nitrogen and oxygen atoms in total. The van der Waals surface area contributed by atoms with Gasteiger partial charge < -0.3 is 10.4 Å². The Morgan fingerprint density at radius 1 is 1.42 bits per heavy atom. The maximum absolute atomic E-state index is 11.2. The summed E-state index contributed by atoms with van der Waals surface area (Å²) in [7, 11) is 0. The quantitative estimate of drug-likeness (QED) is 0.329. The van der Waals surface area contributed by atoms with Crippen LogP contribution in [0.3, 0.4) is 0 Å². The van der Waals surface area contributed by atoms with Crippen molar-refractivity contribution in [2.75, 3.05) is 5.43 Å². The molecule has 0 amide bonds. The third kappa shape index (κ3) is 2.91. The molecular formula is C11H12N6OS. The Bertz CT molecular complexity index is 654. The van der Waals surface area contributed by atoms with Crippen LogP contribution in [-0.4, -0.2) is 19.9 Å². The van der Waals surface area contributed by atoms with Gasteiger partial charge in [0.1, 0.15) is 16.7 Å². The Labute approximate surface area is 113 Å². The standard InChI is InChI=1S/C11H12N6OS/c12-17-7-5-9(16-10(14-7)6-1-2-6)19-11-13-4-3-8(18)15-11/h3-6H,1-2,12H2,(H,13,15,18)(H,14,16,17). The third-order valence-electron chi connectivity index (χ3n) is 2.66. The normalized spacial score (nSPS) is 14.4. The highest BCUT2D eigenvalue weighted by molar-refractivity contribution is 7.99. The van der Waals surface area contributed by atoms with Crippen molar-refractivity contribution in [1.29, 1.82) is 0 Å². The fourth-order valence-corrected chi connectivity index (χ4v) is 2.37. The molecule has 0 atom stereocenters. The van der Waals surface area contributed by atoms with Crippen LogP contribution in [0.25, 0.3) is 0 Å². The largest absolute Gasteiger partial charge is 0.308 e. The zero-order valence-corrected chi connectivity index (χ0v) is 10.8. The summed E-state index contributed by atoms with van der Waals surface area (Å²) in [6.07, 6.45) is 3.68. The van der Waals surface area contributed by atoms with E-state index in [1.807, 2.05) is 0 Å². The first-order chi connectivity index (χ1) is 9.24. The van der Waals surface area contributed by atoms with Crippen LogP contribution >= 0.6 is 11.8 Å². The highest BCUT2D eigenvalue weighted by atomic mass is 32.2. The Kier molecular flexibility index (Phi) is 3.18. The number of nitrogens with two attached hydrogens (primary N) is 1. The summed E-state index contributed by atoms with van der Waals surface area (Å²) in [6.45, 7) is 0. The van der Waals surface area contributed by atoms with E-state index in [4.69, 9.17) is 5.84 Å². The predicted octanol–water partition coefficient (Wildman–Crippen LogP) is 0.874. The first-order valence-corrected chi connectivity index (χ1v) is 6.65. The van der Waals surface area contributed by atoms with Gasteiger partial charge in [-0.05, 0) is 24.6 Å². The lowest BCUT2D eigenvalue weighted by Gasteiger charge is -2.06. The van der Waals surface area contributed by atoms with Crippen molar-refractivity contribution in [2.24, 2.45) is 5.84 Å². The summed E-state index contributed by atoms with van der Waals surface area (Å²) in [5, 5.41) is 1.20. The smallest absolute Gasteiger partial charge is 0.251 e. The number of nitrogens with one attached hydrogen (secondary N) is 2. The third-order valence-corrected chi connectivity index (χ3v) is 3.48. The number of H-pyrrole nitrogens is 1. The van der Waals surface area contributed by atoms with Gasteiger partial charge in [-0.1, -0.05) is 0 Å². The predicted molar refractivity (Wildman–Crippen MR) is 70.8 cm³/mol. The molecule has 2 aromatic rings. The SMILES string of the molecule is NNc1cc(Sc2nccc(=O)[nH]2)nc(C2CC2)n1. The molecule has 1 fully saturated rings. The van der Waals surface area contributed by atoms with E-state index in [-0.39, 0.29) is 5.56 Å². The Morgan fingerprint density at radius 3 is 2.95 bits per heavy atom. The van der Waals surface area contributed by atoms with Crippen LogP contribution in [-0.2, 0) is 0 Å². The first kappa shape index (κ1) is 12.1. The molecule has 0 unspecified atom stereocenters. The van der Waals surface area contributed by atoms with Crippen molar-refractivity contribution in [3.63, 3.8) is 0 Å². The fraction of sp³-hybridized carbons (Fsp3) is 0.273. The van der Waals surface area contributed by atoms with Crippen molar-refractivity contribution in [1.82, 2.24) is 19.9 Å². The second kappa shape index (κ2) is 4.98. The second-order valence-corrected chi connectivity index (χ2v) is 5.22. The lowest BCUT2D eigenvalue weighted by atomic mass is 10.4. The minimum atomic E-state index is -0.189. The van der Waals surface area contributed by atoms with Gasteiger partial charge in [0.15, 0.2) is 5.16 Å². The minimum absolute atomic E-state index is 0.189. The van der Waals surface area contributed by atoms with Crippen LogP contribution in [0.4, 0.5) is 5.82 Å².